The number of rotatable bonds is 7. The maximum absolute atomic E-state index is 13.1. The summed E-state index contributed by atoms with van der Waals surface area (Å²) in [5.41, 5.74) is 2.75. The number of carbonyl (C=O) groups is 1. The highest BCUT2D eigenvalue weighted by Gasteiger charge is 2.33. The van der Waals surface area contributed by atoms with Crippen molar-refractivity contribution in [1.82, 2.24) is 0 Å². The minimum atomic E-state index is -3.80. The van der Waals surface area contributed by atoms with E-state index < -0.39 is 22.0 Å². The molecule has 0 bridgehead atoms. The van der Waals surface area contributed by atoms with E-state index in [1.165, 1.54) is 13.2 Å². The lowest BCUT2D eigenvalue weighted by atomic mass is 10.1. The molecule has 0 saturated heterocycles. The lowest BCUT2D eigenvalue weighted by molar-refractivity contribution is -0.117. The van der Waals surface area contributed by atoms with E-state index in [2.05, 4.69) is 5.32 Å². The largest absolute Gasteiger partial charge is 0.495 e. The molecule has 0 saturated carbocycles. The van der Waals surface area contributed by atoms with Crippen LogP contribution in [0.3, 0.4) is 0 Å². The number of anilines is 2. The molecule has 0 aliphatic rings. The lowest BCUT2D eigenvalue weighted by Crippen LogP contribution is -2.47. The number of hydrogen-bond acceptors (Lipinski definition) is 4. The predicted molar refractivity (Wildman–Crippen MR) is 114 cm³/mol. The van der Waals surface area contributed by atoms with E-state index in [1.807, 2.05) is 32.0 Å². The van der Waals surface area contributed by atoms with Crippen molar-refractivity contribution in [2.24, 2.45) is 0 Å². The summed E-state index contributed by atoms with van der Waals surface area (Å²) < 4.78 is 31.6. The summed E-state index contributed by atoms with van der Waals surface area (Å²) in [6.07, 6.45) is 1.32. The molecule has 2 aromatic carbocycles. The van der Waals surface area contributed by atoms with E-state index in [0.717, 1.165) is 21.7 Å². The first-order valence-electron chi connectivity index (χ1n) is 8.79. The monoisotopic (exact) mass is 424 g/mol. The molecule has 0 aromatic heterocycles. The first-order valence-corrected chi connectivity index (χ1v) is 11.0. The van der Waals surface area contributed by atoms with Crippen LogP contribution in [0.5, 0.6) is 5.75 Å². The van der Waals surface area contributed by atoms with Gasteiger partial charge in [0.15, 0.2) is 0 Å². The van der Waals surface area contributed by atoms with Gasteiger partial charge in [-0.1, -0.05) is 30.7 Å². The van der Waals surface area contributed by atoms with Gasteiger partial charge in [0.05, 0.1) is 19.1 Å². The number of carbonyl (C=O) groups excluding carboxylic acids is 1. The maximum Gasteiger partial charge on any atom is 0.248 e. The Kier molecular flexibility index (Phi) is 6.96. The average Bonchev–Trinajstić information content (AvgIpc) is 2.61. The fraction of sp³-hybridized carbons (Fsp3) is 0.350. The smallest absolute Gasteiger partial charge is 0.248 e. The zero-order chi connectivity index (χ0) is 21.1. The van der Waals surface area contributed by atoms with Crippen LogP contribution in [0.15, 0.2) is 36.4 Å². The first-order chi connectivity index (χ1) is 13.1. The molecule has 152 valence electrons. The van der Waals surface area contributed by atoms with Crippen LogP contribution in [0.4, 0.5) is 11.4 Å². The van der Waals surface area contributed by atoms with Crippen molar-refractivity contribution < 1.29 is 17.9 Å². The highest BCUT2D eigenvalue weighted by atomic mass is 35.5. The number of aryl methyl sites for hydroxylation is 2. The predicted octanol–water partition coefficient (Wildman–Crippen LogP) is 4.15. The number of sulfonamides is 1. The molecular formula is C20H25ClN2O4S. The van der Waals surface area contributed by atoms with E-state index >= 15 is 0 Å². The Labute approximate surface area is 171 Å². The van der Waals surface area contributed by atoms with Crippen LogP contribution in [0.2, 0.25) is 5.02 Å². The van der Waals surface area contributed by atoms with Gasteiger partial charge in [-0.15, -0.1) is 0 Å². The molecular weight excluding hydrogens is 400 g/mol. The van der Waals surface area contributed by atoms with Gasteiger partial charge < -0.3 is 10.1 Å². The van der Waals surface area contributed by atoms with Gasteiger partial charge in [-0.2, -0.15) is 0 Å². The van der Waals surface area contributed by atoms with Gasteiger partial charge in [0.25, 0.3) is 0 Å². The molecule has 0 unspecified atom stereocenters. The summed E-state index contributed by atoms with van der Waals surface area (Å²) in [7, 11) is -2.37. The molecule has 0 radical (unpaired) electrons. The molecule has 0 aliphatic heterocycles. The number of hydrogen-bond donors (Lipinski definition) is 1. The summed E-state index contributed by atoms with van der Waals surface area (Å²) in [5, 5.41) is 3.20. The standard InChI is InChI=1S/C20H25ClN2O4S/c1-6-17(20(24)22-16-11-13(2)7-8-14(16)3)23(28(5,25)26)18-12-15(21)9-10-19(18)27-4/h7-12,17H,6H2,1-5H3,(H,22,24)/t17-/m1/s1. The van der Waals surface area contributed by atoms with E-state index in [-0.39, 0.29) is 12.1 Å². The summed E-state index contributed by atoms with van der Waals surface area (Å²) >= 11 is 6.09. The van der Waals surface area contributed by atoms with Gasteiger partial charge in [0.1, 0.15) is 11.8 Å². The van der Waals surface area contributed by atoms with Crippen LogP contribution in [0.25, 0.3) is 0 Å². The third-order valence-corrected chi connectivity index (χ3v) is 5.76. The number of nitrogens with zero attached hydrogens (tertiary/aromatic N) is 1. The number of amides is 1. The van der Waals surface area contributed by atoms with E-state index in [4.69, 9.17) is 16.3 Å². The summed E-state index contributed by atoms with van der Waals surface area (Å²) in [6, 6.07) is 9.39. The number of ether oxygens (including phenoxy) is 1. The Bertz CT molecular complexity index is 976. The van der Waals surface area contributed by atoms with Crippen molar-refractivity contribution in [2.45, 2.75) is 33.2 Å². The fourth-order valence-corrected chi connectivity index (χ4v) is 4.33. The van der Waals surface area contributed by atoms with Crippen molar-refractivity contribution in [3.63, 3.8) is 0 Å². The SMILES string of the molecule is CC[C@H](C(=O)Nc1cc(C)ccc1C)N(c1cc(Cl)ccc1OC)S(C)(=O)=O. The molecule has 6 nitrogen and oxygen atoms in total. The van der Waals surface area contributed by atoms with Crippen molar-refractivity contribution >= 4 is 38.9 Å². The summed E-state index contributed by atoms with van der Waals surface area (Å²) in [4.78, 5) is 13.1. The second-order valence-corrected chi connectivity index (χ2v) is 8.90. The lowest BCUT2D eigenvalue weighted by Gasteiger charge is -2.31. The van der Waals surface area contributed by atoms with Gasteiger partial charge in [0.2, 0.25) is 15.9 Å². The van der Waals surface area contributed by atoms with Gasteiger partial charge in [-0.3, -0.25) is 9.10 Å². The number of halogens is 1. The zero-order valence-corrected chi connectivity index (χ0v) is 18.2. The normalized spacial score (nSPS) is 12.4. The van der Waals surface area contributed by atoms with E-state index in [0.29, 0.717) is 16.5 Å². The Morgan fingerprint density at radius 2 is 1.89 bits per heavy atom. The highest BCUT2D eigenvalue weighted by Crippen LogP contribution is 2.35. The molecule has 1 amide bonds. The Balaban J connectivity index is 2.51. The minimum Gasteiger partial charge on any atom is -0.495 e. The van der Waals surface area contributed by atoms with Crippen molar-refractivity contribution in [3.8, 4) is 5.75 Å². The van der Waals surface area contributed by atoms with Crippen LogP contribution in [-0.2, 0) is 14.8 Å². The quantitative estimate of drug-likeness (QED) is 0.724. The van der Waals surface area contributed by atoms with Crippen LogP contribution in [0, 0.1) is 13.8 Å². The molecule has 1 atom stereocenters. The van der Waals surface area contributed by atoms with Crippen molar-refractivity contribution in [1.29, 1.82) is 0 Å². The summed E-state index contributed by atoms with van der Waals surface area (Å²) in [6.45, 7) is 5.55. The molecule has 28 heavy (non-hydrogen) atoms. The second-order valence-electron chi connectivity index (χ2n) is 6.61. The summed E-state index contributed by atoms with van der Waals surface area (Å²) in [5.74, 6) is -0.114. The van der Waals surface area contributed by atoms with Crippen LogP contribution < -0.4 is 14.4 Å². The van der Waals surface area contributed by atoms with Crippen LogP contribution in [0.1, 0.15) is 24.5 Å². The van der Waals surface area contributed by atoms with Gasteiger partial charge in [-0.05, 0) is 55.7 Å². The molecule has 0 fully saturated rings. The molecule has 2 aromatic rings. The molecule has 1 N–H and O–H groups in total. The van der Waals surface area contributed by atoms with Gasteiger partial charge in [-0.25, -0.2) is 8.42 Å². The Morgan fingerprint density at radius 1 is 1.21 bits per heavy atom. The fourth-order valence-electron chi connectivity index (χ4n) is 2.96. The average molecular weight is 425 g/mol. The first kappa shape index (κ1) is 22.0. The highest BCUT2D eigenvalue weighted by molar-refractivity contribution is 7.92. The number of benzene rings is 2. The Hall–Kier alpha value is -2.25. The molecule has 2 rings (SSSR count). The zero-order valence-electron chi connectivity index (χ0n) is 16.6. The van der Waals surface area contributed by atoms with Gasteiger partial charge >= 0.3 is 0 Å². The molecule has 0 aliphatic carbocycles. The molecule has 8 heteroatoms. The van der Waals surface area contributed by atoms with E-state index in [1.54, 1.807) is 19.1 Å². The van der Waals surface area contributed by atoms with Gasteiger partial charge in [0, 0.05) is 10.7 Å². The topological polar surface area (TPSA) is 75.7 Å². The minimum absolute atomic E-state index is 0.223. The molecule has 0 spiro atoms. The third kappa shape index (κ3) is 4.97. The molecule has 0 heterocycles. The number of nitrogens with one attached hydrogen (secondary N) is 1. The van der Waals surface area contributed by atoms with E-state index in [9.17, 15) is 13.2 Å². The second kappa shape index (κ2) is 8.84. The van der Waals surface area contributed by atoms with Crippen molar-refractivity contribution in [2.75, 3.05) is 23.0 Å². The van der Waals surface area contributed by atoms with Crippen LogP contribution >= 0.6 is 11.6 Å². The van der Waals surface area contributed by atoms with Crippen LogP contribution in [-0.4, -0.2) is 33.7 Å². The maximum atomic E-state index is 13.1. The van der Waals surface area contributed by atoms with Crippen molar-refractivity contribution in [3.05, 3.63) is 52.5 Å². The third-order valence-electron chi connectivity index (χ3n) is 4.36. The number of methoxy groups -OCH3 is 1. The Morgan fingerprint density at radius 3 is 2.46 bits per heavy atom.